The van der Waals surface area contributed by atoms with E-state index >= 15 is 0 Å². The largest absolute Gasteiger partial charge is 0.377 e. The third-order valence-corrected chi connectivity index (χ3v) is 5.41. The number of rotatable bonds is 3. The van der Waals surface area contributed by atoms with Crippen LogP contribution in [0.25, 0.3) is 0 Å². The minimum Gasteiger partial charge on any atom is -0.377 e. The predicted molar refractivity (Wildman–Crippen MR) is 55.4 cm³/mol. The van der Waals surface area contributed by atoms with Gasteiger partial charge in [0, 0.05) is 19.4 Å². The molecule has 5 heteroatoms. The zero-order valence-electron chi connectivity index (χ0n) is 8.65. The Balaban J connectivity index is 1.96. The molecule has 86 valence electrons. The van der Waals surface area contributed by atoms with E-state index in [2.05, 4.69) is 0 Å². The standard InChI is InChI=1S/C10H16O4S/c11-8-3-4-10(6-8)15(12,13)7-9-2-1-5-14-9/h9-10H,1-7H2. The monoisotopic (exact) mass is 232 g/mol. The quantitative estimate of drug-likeness (QED) is 0.718. The smallest absolute Gasteiger partial charge is 0.156 e. The molecular formula is C10H16O4S. The fraction of sp³-hybridized carbons (Fsp3) is 0.900. The third-order valence-electron chi connectivity index (χ3n) is 3.15. The summed E-state index contributed by atoms with van der Waals surface area (Å²) in [4.78, 5) is 11.0. The van der Waals surface area contributed by atoms with Gasteiger partial charge in [0.2, 0.25) is 0 Å². The van der Waals surface area contributed by atoms with Crippen LogP contribution in [0, 0.1) is 0 Å². The van der Waals surface area contributed by atoms with Crippen molar-refractivity contribution in [1.29, 1.82) is 0 Å². The molecule has 2 atom stereocenters. The molecule has 1 heterocycles. The van der Waals surface area contributed by atoms with E-state index in [0.29, 0.717) is 19.4 Å². The Morgan fingerprint density at radius 3 is 2.67 bits per heavy atom. The van der Waals surface area contributed by atoms with Crippen LogP contribution in [0.5, 0.6) is 0 Å². The molecule has 1 aliphatic carbocycles. The molecule has 1 saturated carbocycles. The van der Waals surface area contributed by atoms with Crippen LogP contribution in [-0.4, -0.2) is 37.9 Å². The number of Topliss-reactive ketones (excluding diaryl/α,β-unsaturated/α-hetero) is 1. The fourth-order valence-corrected chi connectivity index (χ4v) is 4.23. The van der Waals surface area contributed by atoms with Crippen LogP contribution in [-0.2, 0) is 19.4 Å². The normalized spacial score (nSPS) is 32.4. The molecule has 15 heavy (non-hydrogen) atoms. The highest BCUT2D eigenvalue weighted by Crippen LogP contribution is 2.25. The lowest BCUT2D eigenvalue weighted by atomic mass is 10.3. The summed E-state index contributed by atoms with van der Waals surface area (Å²) in [6.45, 7) is 0.670. The summed E-state index contributed by atoms with van der Waals surface area (Å²) >= 11 is 0. The molecule has 2 unspecified atom stereocenters. The topological polar surface area (TPSA) is 60.4 Å². The van der Waals surface area contributed by atoms with Crippen LogP contribution in [0.15, 0.2) is 0 Å². The van der Waals surface area contributed by atoms with Crippen molar-refractivity contribution in [2.75, 3.05) is 12.4 Å². The summed E-state index contributed by atoms with van der Waals surface area (Å²) < 4.78 is 29.1. The number of ketones is 1. The van der Waals surface area contributed by atoms with Crippen LogP contribution in [0.4, 0.5) is 0 Å². The number of hydrogen-bond acceptors (Lipinski definition) is 4. The third kappa shape index (κ3) is 2.58. The summed E-state index contributed by atoms with van der Waals surface area (Å²) in [7, 11) is -3.12. The molecule has 1 saturated heterocycles. The van der Waals surface area contributed by atoms with Gasteiger partial charge in [0.15, 0.2) is 9.84 Å². The molecule has 0 spiro atoms. The van der Waals surface area contributed by atoms with Crippen LogP contribution >= 0.6 is 0 Å². The second kappa shape index (κ2) is 4.22. The Labute approximate surface area is 89.9 Å². The highest BCUT2D eigenvalue weighted by Gasteiger charge is 2.35. The number of carbonyl (C=O) groups excluding carboxylic acids is 1. The van der Waals surface area contributed by atoms with Gasteiger partial charge in [-0.1, -0.05) is 0 Å². The van der Waals surface area contributed by atoms with Crippen LogP contribution in [0.3, 0.4) is 0 Å². The molecule has 0 amide bonds. The average Bonchev–Trinajstić information content (AvgIpc) is 2.75. The molecule has 1 aliphatic heterocycles. The first-order chi connectivity index (χ1) is 7.08. The van der Waals surface area contributed by atoms with Gasteiger partial charge in [-0.2, -0.15) is 0 Å². The second-order valence-corrected chi connectivity index (χ2v) is 6.69. The van der Waals surface area contributed by atoms with Crippen LogP contribution in [0.1, 0.15) is 32.1 Å². The zero-order valence-corrected chi connectivity index (χ0v) is 9.46. The van der Waals surface area contributed by atoms with Gasteiger partial charge in [0.25, 0.3) is 0 Å². The van der Waals surface area contributed by atoms with Crippen LogP contribution in [0.2, 0.25) is 0 Å². The van der Waals surface area contributed by atoms with Crippen molar-refractivity contribution < 1.29 is 17.9 Å². The Kier molecular flexibility index (Phi) is 3.11. The van der Waals surface area contributed by atoms with Crippen molar-refractivity contribution in [2.24, 2.45) is 0 Å². The maximum Gasteiger partial charge on any atom is 0.156 e. The molecule has 2 rings (SSSR count). The molecule has 0 N–H and O–H groups in total. The lowest BCUT2D eigenvalue weighted by Crippen LogP contribution is -2.28. The minimum atomic E-state index is -3.12. The zero-order chi connectivity index (χ0) is 10.9. The van der Waals surface area contributed by atoms with Gasteiger partial charge in [-0.25, -0.2) is 8.42 Å². The Morgan fingerprint density at radius 1 is 1.33 bits per heavy atom. The summed E-state index contributed by atoms with van der Waals surface area (Å²) in [6, 6.07) is 0. The number of carbonyl (C=O) groups is 1. The molecule has 0 aromatic carbocycles. The molecule has 4 nitrogen and oxygen atoms in total. The highest BCUT2D eigenvalue weighted by molar-refractivity contribution is 7.92. The number of ether oxygens (including phenoxy) is 1. The minimum absolute atomic E-state index is 0.0796. The second-order valence-electron chi connectivity index (χ2n) is 4.37. The Hall–Kier alpha value is -0.420. The summed E-state index contributed by atoms with van der Waals surface area (Å²) in [5, 5.41) is -0.436. The maximum atomic E-state index is 11.9. The van der Waals surface area contributed by atoms with Gasteiger partial charge < -0.3 is 4.74 Å². The van der Waals surface area contributed by atoms with Crippen LogP contribution < -0.4 is 0 Å². The summed E-state index contributed by atoms with van der Waals surface area (Å²) in [6.07, 6.45) is 2.80. The van der Waals surface area contributed by atoms with Crippen molar-refractivity contribution in [3.05, 3.63) is 0 Å². The van der Waals surface area contributed by atoms with E-state index in [4.69, 9.17) is 4.74 Å². The van der Waals surface area contributed by atoms with Gasteiger partial charge in [0.05, 0.1) is 17.1 Å². The van der Waals surface area contributed by atoms with E-state index < -0.39 is 15.1 Å². The molecule has 0 bridgehead atoms. The first-order valence-electron chi connectivity index (χ1n) is 5.43. The first-order valence-corrected chi connectivity index (χ1v) is 7.14. The molecule has 2 aliphatic rings. The molecule has 0 radical (unpaired) electrons. The van der Waals surface area contributed by atoms with E-state index in [1.807, 2.05) is 0 Å². The van der Waals surface area contributed by atoms with Crippen molar-refractivity contribution in [1.82, 2.24) is 0 Å². The maximum absolute atomic E-state index is 11.9. The van der Waals surface area contributed by atoms with E-state index in [0.717, 1.165) is 12.8 Å². The van der Waals surface area contributed by atoms with Crippen molar-refractivity contribution in [3.8, 4) is 0 Å². The van der Waals surface area contributed by atoms with E-state index in [1.54, 1.807) is 0 Å². The number of hydrogen-bond donors (Lipinski definition) is 0. The van der Waals surface area contributed by atoms with Gasteiger partial charge in [0.1, 0.15) is 5.78 Å². The lowest BCUT2D eigenvalue weighted by molar-refractivity contribution is -0.117. The molecule has 0 aromatic heterocycles. The molecule has 0 aromatic rings. The first kappa shape index (κ1) is 11.1. The number of sulfone groups is 1. The fourth-order valence-electron chi connectivity index (χ4n) is 2.26. The summed E-state index contributed by atoms with van der Waals surface area (Å²) in [5.41, 5.74) is 0. The summed E-state index contributed by atoms with van der Waals surface area (Å²) in [5.74, 6) is 0.182. The van der Waals surface area contributed by atoms with Crippen molar-refractivity contribution in [3.63, 3.8) is 0 Å². The van der Waals surface area contributed by atoms with Crippen molar-refractivity contribution in [2.45, 2.75) is 43.5 Å². The van der Waals surface area contributed by atoms with Gasteiger partial charge in [-0.3, -0.25) is 4.79 Å². The highest BCUT2D eigenvalue weighted by atomic mass is 32.2. The van der Waals surface area contributed by atoms with E-state index in [9.17, 15) is 13.2 Å². The van der Waals surface area contributed by atoms with Gasteiger partial charge in [-0.15, -0.1) is 0 Å². The Morgan fingerprint density at radius 2 is 2.13 bits per heavy atom. The van der Waals surface area contributed by atoms with Crippen molar-refractivity contribution >= 4 is 15.6 Å². The predicted octanol–water partition coefficient (Wildman–Crippen LogP) is 0.702. The SMILES string of the molecule is O=C1CCC(S(=O)(=O)CC2CCCO2)C1. The van der Waals surface area contributed by atoms with E-state index in [-0.39, 0.29) is 24.1 Å². The van der Waals surface area contributed by atoms with Gasteiger partial charge >= 0.3 is 0 Å². The lowest BCUT2D eigenvalue weighted by Gasteiger charge is -2.14. The molecule has 2 fully saturated rings. The molecular weight excluding hydrogens is 216 g/mol. The average molecular weight is 232 g/mol. The van der Waals surface area contributed by atoms with Gasteiger partial charge in [-0.05, 0) is 19.3 Å². The van der Waals surface area contributed by atoms with E-state index in [1.165, 1.54) is 0 Å². The Bertz CT molecular complexity index is 340.